The summed E-state index contributed by atoms with van der Waals surface area (Å²) in [5.41, 5.74) is 0.966. The van der Waals surface area contributed by atoms with Gasteiger partial charge < -0.3 is 4.90 Å². The molecular weight excluding hydrogens is 240 g/mol. The van der Waals surface area contributed by atoms with Crippen molar-refractivity contribution in [3.63, 3.8) is 0 Å². The third kappa shape index (κ3) is 2.82. The van der Waals surface area contributed by atoms with Crippen molar-refractivity contribution in [2.45, 2.75) is 6.54 Å². The Kier molecular flexibility index (Phi) is 3.39. The molecule has 2 rings (SSSR count). The molecule has 0 aliphatic heterocycles. The Morgan fingerprint density at radius 3 is 3.00 bits per heavy atom. The molecule has 0 spiro atoms. The summed E-state index contributed by atoms with van der Waals surface area (Å²) >= 11 is 5.88. The molecule has 0 unspecified atom stereocenters. The molecule has 1 amide bonds. The molecular formula is C11H11ClN4O. The highest BCUT2D eigenvalue weighted by Gasteiger charge is 2.14. The van der Waals surface area contributed by atoms with Gasteiger partial charge >= 0.3 is 0 Å². The molecule has 0 saturated heterocycles. The van der Waals surface area contributed by atoms with Gasteiger partial charge in [0.15, 0.2) is 0 Å². The molecule has 0 radical (unpaired) electrons. The number of aromatic nitrogens is 3. The van der Waals surface area contributed by atoms with Crippen LogP contribution in [-0.4, -0.2) is 33.0 Å². The summed E-state index contributed by atoms with van der Waals surface area (Å²) in [6.07, 6.45) is 1.31. The maximum atomic E-state index is 11.9. The summed E-state index contributed by atoms with van der Waals surface area (Å²) in [7, 11) is 1.70. The number of rotatable bonds is 3. The fraction of sp³-hybridized carbons (Fsp3) is 0.182. The van der Waals surface area contributed by atoms with Crippen LogP contribution in [0.5, 0.6) is 0 Å². The molecule has 6 heteroatoms. The Balaban J connectivity index is 2.07. The van der Waals surface area contributed by atoms with Crippen molar-refractivity contribution in [3.05, 3.63) is 47.0 Å². The van der Waals surface area contributed by atoms with E-state index in [1.165, 1.54) is 6.33 Å². The number of hydrogen-bond donors (Lipinski definition) is 1. The molecule has 1 aromatic carbocycles. The summed E-state index contributed by atoms with van der Waals surface area (Å²) in [4.78, 5) is 17.2. The van der Waals surface area contributed by atoms with Gasteiger partial charge in [0.05, 0.1) is 0 Å². The number of carbonyl (C=O) groups is 1. The minimum atomic E-state index is -0.206. The molecule has 0 aliphatic carbocycles. The SMILES string of the molecule is CN(Cc1cccc(Cl)c1)C(=O)c1ncn[nH]1. The average molecular weight is 251 g/mol. The van der Waals surface area contributed by atoms with E-state index >= 15 is 0 Å². The first-order chi connectivity index (χ1) is 8.16. The van der Waals surface area contributed by atoms with Crippen LogP contribution in [0.15, 0.2) is 30.6 Å². The van der Waals surface area contributed by atoms with Crippen molar-refractivity contribution in [3.8, 4) is 0 Å². The summed E-state index contributed by atoms with van der Waals surface area (Å²) in [6, 6.07) is 7.38. The summed E-state index contributed by atoms with van der Waals surface area (Å²) in [5.74, 6) is 0.0250. The predicted octanol–water partition coefficient (Wildman–Crippen LogP) is 1.73. The van der Waals surface area contributed by atoms with Crippen LogP contribution in [0.2, 0.25) is 5.02 Å². The molecule has 0 bridgehead atoms. The van der Waals surface area contributed by atoms with Crippen molar-refractivity contribution in [1.29, 1.82) is 0 Å². The fourth-order valence-electron chi connectivity index (χ4n) is 1.47. The molecule has 5 nitrogen and oxygen atoms in total. The second-order valence-corrected chi connectivity index (χ2v) is 4.06. The smallest absolute Gasteiger partial charge is 0.291 e. The van der Waals surface area contributed by atoms with Crippen molar-refractivity contribution in [2.24, 2.45) is 0 Å². The molecule has 1 aromatic heterocycles. The zero-order valence-corrected chi connectivity index (χ0v) is 9.98. The fourth-order valence-corrected chi connectivity index (χ4v) is 1.68. The number of halogens is 1. The van der Waals surface area contributed by atoms with Gasteiger partial charge in [-0.25, -0.2) is 4.98 Å². The van der Waals surface area contributed by atoms with E-state index in [0.29, 0.717) is 11.6 Å². The number of carbonyl (C=O) groups excluding carboxylic acids is 1. The first-order valence-electron chi connectivity index (χ1n) is 5.02. The Morgan fingerprint density at radius 1 is 1.53 bits per heavy atom. The Hall–Kier alpha value is -1.88. The molecule has 0 aliphatic rings. The van der Waals surface area contributed by atoms with E-state index in [4.69, 9.17) is 11.6 Å². The first-order valence-corrected chi connectivity index (χ1v) is 5.40. The maximum absolute atomic E-state index is 11.9. The van der Waals surface area contributed by atoms with E-state index in [1.807, 2.05) is 18.2 Å². The van der Waals surface area contributed by atoms with Gasteiger partial charge in [0.2, 0.25) is 5.82 Å². The van der Waals surface area contributed by atoms with Crippen LogP contribution in [0.1, 0.15) is 16.2 Å². The molecule has 0 atom stereocenters. The lowest BCUT2D eigenvalue weighted by molar-refractivity contribution is 0.0773. The van der Waals surface area contributed by atoms with Crippen molar-refractivity contribution in [2.75, 3.05) is 7.05 Å². The van der Waals surface area contributed by atoms with Crippen molar-refractivity contribution < 1.29 is 4.79 Å². The number of amides is 1. The van der Waals surface area contributed by atoms with Gasteiger partial charge in [-0.2, -0.15) is 5.10 Å². The monoisotopic (exact) mass is 250 g/mol. The van der Waals surface area contributed by atoms with Crippen LogP contribution < -0.4 is 0 Å². The topological polar surface area (TPSA) is 61.9 Å². The van der Waals surface area contributed by atoms with Gasteiger partial charge in [-0.1, -0.05) is 23.7 Å². The summed E-state index contributed by atoms with van der Waals surface area (Å²) in [6.45, 7) is 0.472. The lowest BCUT2D eigenvalue weighted by atomic mass is 10.2. The van der Waals surface area contributed by atoms with Crippen molar-refractivity contribution >= 4 is 17.5 Å². The van der Waals surface area contributed by atoms with Crippen LogP contribution in [0, 0.1) is 0 Å². The number of benzene rings is 1. The summed E-state index contributed by atoms with van der Waals surface area (Å²) in [5, 5.41) is 6.83. The van der Waals surface area contributed by atoms with Crippen LogP contribution in [-0.2, 0) is 6.54 Å². The molecule has 1 N–H and O–H groups in total. The molecule has 17 heavy (non-hydrogen) atoms. The zero-order valence-electron chi connectivity index (χ0n) is 9.22. The standard InChI is InChI=1S/C11H11ClN4O/c1-16(11(17)10-13-7-14-15-10)6-8-3-2-4-9(12)5-8/h2-5,7H,6H2,1H3,(H,13,14,15). The molecule has 0 saturated carbocycles. The predicted molar refractivity (Wildman–Crippen MR) is 63.6 cm³/mol. The van der Waals surface area contributed by atoms with Gasteiger partial charge in [-0.15, -0.1) is 0 Å². The van der Waals surface area contributed by atoms with E-state index in [0.717, 1.165) is 5.56 Å². The lowest BCUT2D eigenvalue weighted by Crippen LogP contribution is -2.27. The second-order valence-electron chi connectivity index (χ2n) is 3.63. The largest absolute Gasteiger partial charge is 0.335 e. The van der Waals surface area contributed by atoms with Gasteiger partial charge in [-0.05, 0) is 17.7 Å². The molecule has 88 valence electrons. The van der Waals surface area contributed by atoms with E-state index in [2.05, 4.69) is 15.2 Å². The highest BCUT2D eigenvalue weighted by atomic mass is 35.5. The zero-order chi connectivity index (χ0) is 12.3. The molecule has 0 fully saturated rings. The van der Waals surface area contributed by atoms with Crippen LogP contribution in [0.25, 0.3) is 0 Å². The van der Waals surface area contributed by atoms with E-state index in [-0.39, 0.29) is 11.7 Å². The quantitative estimate of drug-likeness (QED) is 0.902. The summed E-state index contributed by atoms with van der Waals surface area (Å²) < 4.78 is 0. The molecule has 1 heterocycles. The minimum Gasteiger partial charge on any atom is -0.335 e. The van der Waals surface area contributed by atoms with E-state index < -0.39 is 0 Å². The maximum Gasteiger partial charge on any atom is 0.291 e. The van der Waals surface area contributed by atoms with Gasteiger partial charge in [0.1, 0.15) is 6.33 Å². The van der Waals surface area contributed by atoms with Crippen molar-refractivity contribution in [1.82, 2.24) is 20.1 Å². The second kappa shape index (κ2) is 4.97. The van der Waals surface area contributed by atoms with Gasteiger partial charge in [-0.3, -0.25) is 9.89 Å². The number of nitrogens with one attached hydrogen (secondary N) is 1. The lowest BCUT2D eigenvalue weighted by Gasteiger charge is -2.15. The van der Waals surface area contributed by atoms with E-state index in [1.54, 1.807) is 18.0 Å². The Morgan fingerprint density at radius 2 is 2.35 bits per heavy atom. The first kappa shape index (κ1) is 11.6. The third-order valence-corrected chi connectivity index (χ3v) is 2.51. The average Bonchev–Trinajstić information content (AvgIpc) is 2.81. The highest BCUT2D eigenvalue weighted by molar-refractivity contribution is 6.30. The highest BCUT2D eigenvalue weighted by Crippen LogP contribution is 2.12. The normalized spacial score (nSPS) is 10.2. The van der Waals surface area contributed by atoms with Gasteiger partial charge in [0, 0.05) is 18.6 Å². The molecule has 2 aromatic rings. The van der Waals surface area contributed by atoms with Crippen LogP contribution in [0.4, 0.5) is 0 Å². The third-order valence-electron chi connectivity index (χ3n) is 2.27. The number of hydrogen-bond acceptors (Lipinski definition) is 3. The number of nitrogens with zero attached hydrogens (tertiary/aromatic N) is 3. The number of H-pyrrole nitrogens is 1. The Bertz CT molecular complexity index is 512. The number of aromatic amines is 1. The van der Waals surface area contributed by atoms with Crippen LogP contribution >= 0.6 is 11.6 Å². The minimum absolute atomic E-state index is 0.206. The van der Waals surface area contributed by atoms with Gasteiger partial charge in [0.25, 0.3) is 5.91 Å². The Labute approximate surface area is 103 Å². The van der Waals surface area contributed by atoms with Crippen LogP contribution in [0.3, 0.4) is 0 Å². The van der Waals surface area contributed by atoms with E-state index in [9.17, 15) is 4.79 Å².